The number of halogens is 2. The normalized spacial score (nSPS) is 25.5. The van der Waals surface area contributed by atoms with Crippen LogP contribution in [-0.2, 0) is 4.74 Å². The van der Waals surface area contributed by atoms with E-state index < -0.39 is 5.82 Å². The summed E-state index contributed by atoms with van der Waals surface area (Å²) in [5, 5.41) is 3.43. The molecule has 1 heterocycles. The Morgan fingerprint density at radius 1 is 1.53 bits per heavy atom. The molecule has 1 fully saturated rings. The zero-order valence-electron chi connectivity index (χ0n) is 8.47. The molecule has 1 aliphatic rings. The molecule has 2 nitrogen and oxygen atoms in total. The van der Waals surface area contributed by atoms with Crippen LogP contribution in [0.1, 0.15) is 13.3 Å². The minimum Gasteiger partial charge on any atom is -0.380 e. The fourth-order valence-electron chi connectivity index (χ4n) is 1.72. The van der Waals surface area contributed by atoms with Crippen LogP contribution < -0.4 is 5.32 Å². The van der Waals surface area contributed by atoms with Gasteiger partial charge in [-0.1, -0.05) is 11.6 Å². The third-order valence-corrected chi connectivity index (χ3v) is 2.94. The largest absolute Gasteiger partial charge is 0.380 e. The monoisotopic (exact) mass is 229 g/mol. The second-order valence-corrected chi connectivity index (χ2v) is 4.15. The van der Waals surface area contributed by atoms with E-state index in [1.54, 1.807) is 12.1 Å². The first kappa shape index (κ1) is 10.7. The first-order chi connectivity index (χ1) is 7.16. The van der Waals surface area contributed by atoms with Gasteiger partial charge in [0.05, 0.1) is 17.2 Å². The molecule has 0 aromatic heterocycles. The highest BCUT2D eigenvalue weighted by Crippen LogP contribution is 2.23. The third-order valence-electron chi connectivity index (χ3n) is 2.65. The highest BCUT2D eigenvalue weighted by Gasteiger charge is 2.23. The number of hydrogen-bond acceptors (Lipinski definition) is 2. The molecule has 0 amide bonds. The molecule has 1 aliphatic heterocycles. The van der Waals surface area contributed by atoms with Crippen LogP contribution in [0.3, 0.4) is 0 Å². The zero-order chi connectivity index (χ0) is 10.8. The van der Waals surface area contributed by atoms with Crippen LogP contribution >= 0.6 is 11.6 Å². The van der Waals surface area contributed by atoms with E-state index in [1.807, 2.05) is 6.92 Å². The second kappa shape index (κ2) is 4.37. The van der Waals surface area contributed by atoms with Gasteiger partial charge in [0.1, 0.15) is 5.82 Å². The first-order valence-corrected chi connectivity index (χ1v) is 5.38. The van der Waals surface area contributed by atoms with Gasteiger partial charge in [0.25, 0.3) is 0 Å². The SMILES string of the molecule is C[C@@H]1OCC[C@@H]1Nc1ccc(F)c(Cl)c1. The van der Waals surface area contributed by atoms with Gasteiger partial charge in [-0.25, -0.2) is 4.39 Å². The van der Waals surface area contributed by atoms with Crippen molar-refractivity contribution in [2.75, 3.05) is 11.9 Å². The maximum Gasteiger partial charge on any atom is 0.141 e. The van der Waals surface area contributed by atoms with E-state index in [-0.39, 0.29) is 17.2 Å². The minimum absolute atomic E-state index is 0.145. The number of anilines is 1. The van der Waals surface area contributed by atoms with Gasteiger partial charge in [0.2, 0.25) is 0 Å². The summed E-state index contributed by atoms with van der Waals surface area (Å²) in [6.45, 7) is 2.80. The highest BCUT2D eigenvalue weighted by atomic mass is 35.5. The summed E-state index contributed by atoms with van der Waals surface area (Å²) in [6, 6.07) is 4.94. The van der Waals surface area contributed by atoms with Gasteiger partial charge in [-0.2, -0.15) is 0 Å². The molecule has 15 heavy (non-hydrogen) atoms. The Morgan fingerprint density at radius 3 is 2.93 bits per heavy atom. The van der Waals surface area contributed by atoms with Gasteiger partial charge < -0.3 is 10.1 Å². The van der Waals surface area contributed by atoms with Crippen molar-refractivity contribution in [3.63, 3.8) is 0 Å². The van der Waals surface area contributed by atoms with Crippen molar-refractivity contribution in [2.24, 2.45) is 0 Å². The molecule has 0 unspecified atom stereocenters. The van der Waals surface area contributed by atoms with Gasteiger partial charge in [-0.05, 0) is 31.5 Å². The van der Waals surface area contributed by atoms with Crippen molar-refractivity contribution >= 4 is 17.3 Å². The summed E-state index contributed by atoms with van der Waals surface area (Å²) >= 11 is 5.69. The summed E-state index contributed by atoms with van der Waals surface area (Å²) in [7, 11) is 0. The molecule has 0 radical (unpaired) electrons. The molecule has 0 spiro atoms. The second-order valence-electron chi connectivity index (χ2n) is 3.74. The lowest BCUT2D eigenvalue weighted by Gasteiger charge is -2.17. The van der Waals surface area contributed by atoms with Gasteiger partial charge in [-0.3, -0.25) is 0 Å². The van der Waals surface area contributed by atoms with Crippen molar-refractivity contribution in [1.29, 1.82) is 0 Å². The Kier molecular flexibility index (Phi) is 3.12. The Hall–Kier alpha value is -0.800. The van der Waals surface area contributed by atoms with Crippen LogP contribution in [0.25, 0.3) is 0 Å². The topological polar surface area (TPSA) is 21.3 Å². The van der Waals surface area contributed by atoms with Gasteiger partial charge in [-0.15, -0.1) is 0 Å². The zero-order valence-corrected chi connectivity index (χ0v) is 9.22. The van der Waals surface area contributed by atoms with Crippen LogP contribution in [0.15, 0.2) is 18.2 Å². The lowest BCUT2D eigenvalue weighted by molar-refractivity contribution is 0.121. The van der Waals surface area contributed by atoms with Crippen LogP contribution in [0, 0.1) is 5.82 Å². The van der Waals surface area contributed by atoms with E-state index in [2.05, 4.69) is 5.32 Å². The number of rotatable bonds is 2. The van der Waals surface area contributed by atoms with E-state index in [0.29, 0.717) is 0 Å². The molecule has 1 aromatic rings. The Labute approximate surface area is 93.4 Å². The Bertz CT molecular complexity index is 358. The van der Waals surface area contributed by atoms with Gasteiger partial charge in [0.15, 0.2) is 0 Å². The minimum atomic E-state index is -0.391. The standard InChI is InChI=1S/C11H13ClFNO/c1-7-11(4-5-15-7)14-8-2-3-10(13)9(12)6-8/h2-3,6-7,11,14H,4-5H2,1H3/t7-,11-/m0/s1. The summed E-state index contributed by atoms with van der Waals surface area (Å²) in [5.41, 5.74) is 0.837. The van der Waals surface area contributed by atoms with Crippen molar-refractivity contribution in [3.05, 3.63) is 29.0 Å². The molecule has 1 saturated heterocycles. The Morgan fingerprint density at radius 2 is 2.33 bits per heavy atom. The lowest BCUT2D eigenvalue weighted by Crippen LogP contribution is -2.26. The van der Waals surface area contributed by atoms with E-state index >= 15 is 0 Å². The van der Waals surface area contributed by atoms with E-state index in [4.69, 9.17) is 16.3 Å². The smallest absolute Gasteiger partial charge is 0.141 e. The maximum absolute atomic E-state index is 12.9. The van der Waals surface area contributed by atoms with Crippen molar-refractivity contribution in [3.8, 4) is 0 Å². The first-order valence-electron chi connectivity index (χ1n) is 5.00. The van der Waals surface area contributed by atoms with E-state index in [0.717, 1.165) is 18.7 Å². The molecular formula is C11H13ClFNO. The molecule has 0 aliphatic carbocycles. The predicted molar refractivity (Wildman–Crippen MR) is 58.9 cm³/mol. The Balaban J connectivity index is 2.07. The van der Waals surface area contributed by atoms with Gasteiger partial charge >= 0.3 is 0 Å². The molecular weight excluding hydrogens is 217 g/mol. The molecule has 2 rings (SSSR count). The summed E-state index contributed by atoms with van der Waals surface area (Å²) in [5.74, 6) is -0.391. The van der Waals surface area contributed by atoms with Gasteiger partial charge in [0, 0.05) is 12.3 Å². The summed E-state index contributed by atoms with van der Waals surface area (Å²) in [4.78, 5) is 0. The van der Waals surface area contributed by atoms with Crippen LogP contribution in [-0.4, -0.2) is 18.8 Å². The van der Waals surface area contributed by atoms with Crippen LogP contribution in [0.4, 0.5) is 10.1 Å². The maximum atomic E-state index is 12.9. The number of ether oxygens (including phenoxy) is 1. The summed E-state index contributed by atoms with van der Waals surface area (Å²) < 4.78 is 18.3. The third kappa shape index (κ3) is 2.41. The molecule has 0 saturated carbocycles. The molecule has 0 bridgehead atoms. The van der Waals surface area contributed by atoms with Crippen LogP contribution in [0.2, 0.25) is 5.02 Å². The fraction of sp³-hybridized carbons (Fsp3) is 0.455. The average Bonchev–Trinajstić information content (AvgIpc) is 2.59. The molecule has 4 heteroatoms. The average molecular weight is 230 g/mol. The van der Waals surface area contributed by atoms with E-state index in [9.17, 15) is 4.39 Å². The molecule has 1 N–H and O–H groups in total. The van der Waals surface area contributed by atoms with Crippen molar-refractivity contribution < 1.29 is 9.13 Å². The predicted octanol–water partition coefficient (Wildman–Crippen LogP) is 3.07. The number of hydrogen-bond donors (Lipinski definition) is 1. The number of nitrogens with one attached hydrogen (secondary N) is 1. The van der Waals surface area contributed by atoms with Crippen molar-refractivity contribution in [1.82, 2.24) is 0 Å². The molecule has 82 valence electrons. The summed E-state index contributed by atoms with van der Waals surface area (Å²) in [6.07, 6.45) is 1.16. The fourth-order valence-corrected chi connectivity index (χ4v) is 1.90. The van der Waals surface area contributed by atoms with E-state index in [1.165, 1.54) is 6.07 Å². The van der Waals surface area contributed by atoms with Crippen LogP contribution in [0.5, 0.6) is 0 Å². The molecule has 2 atom stereocenters. The quantitative estimate of drug-likeness (QED) is 0.842. The highest BCUT2D eigenvalue weighted by molar-refractivity contribution is 6.31. The molecule has 1 aromatic carbocycles. The van der Waals surface area contributed by atoms with Crippen molar-refractivity contribution in [2.45, 2.75) is 25.5 Å². The number of benzene rings is 1. The lowest BCUT2D eigenvalue weighted by atomic mass is 10.1.